The zero-order valence-corrected chi connectivity index (χ0v) is 17.2. The van der Waals surface area contributed by atoms with E-state index < -0.39 is 10.0 Å². The van der Waals surface area contributed by atoms with Crippen LogP contribution in [-0.2, 0) is 10.0 Å². The Morgan fingerprint density at radius 3 is 2.45 bits per heavy atom. The number of nitrogens with one attached hydrogen (secondary N) is 2. The van der Waals surface area contributed by atoms with Crippen LogP contribution in [0.2, 0.25) is 0 Å². The van der Waals surface area contributed by atoms with Gasteiger partial charge in [0.1, 0.15) is 11.4 Å². The summed E-state index contributed by atoms with van der Waals surface area (Å²) in [7, 11) is -1.77. The minimum absolute atomic E-state index is 0.0140. The molecule has 0 spiro atoms. The van der Waals surface area contributed by atoms with Gasteiger partial charge in [-0.1, -0.05) is 6.07 Å². The maximum atomic E-state index is 12.5. The van der Waals surface area contributed by atoms with E-state index >= 15 is 0 Å². The SMILES string of the molecule is CCS(=O)(=O)Nc1ccc(NC(=O)c2ccn(-c3cc(C)ccc3OC)n2)cc1. The predicted molar refractivity (Wildman–Crippen MR) is 112 cm³/mol. The van der Waals surface area contributed by atoms with Gasteiger partial charge in [-0.05, 0) is 61.9 Å². The van der Waals surface area contributed by atoms with E-state index in [1.165, 1.54) is 0 Å². The van der Waals surface area contributed by atoms with Gasteiger partial charge in [-0.25, -0.2) is 13.1 Å². The number of methoxy groups -OCH3 is 1. The summed E-state index contributed by atoms with van der Waals surface area (Å²) in [5.41, 5.74) is 2.97. The Bertz CT molecular complexity index is 1120. The Morgan fingerprint density at radius 1 is 1.10 bits per heavy atom. The molecule has 1 amide bonds. The molecule has 2 aromatic carbocycles. The molecule has 0 unspecified atom stereocenters. The van der Waals surface area contributed by atoms with Gasteiger partial charge in [0.2, 0.25) is 10.0 Å². The zero-order valence-electron chi connectivity index (χ0n) is 16.3. The van der Waals surface area contributed by atoms with E-state index in [1.54, 1.807) is 55.2 Å². The van der Waals surface area contributed by atoms with Crippen LogP contribution in [0.3, 0.4) is 0 Å². The maximum absolute atomic E-state index is 12.5. The molecule has 1 aromatic heterocycles. The van der Waals surface area contributed by atoms with Gasteiger partial charge in [-0.15, -0.1) is 0 Å². The van der Waals surface area contributed by atoms with Crippen molar-refractivity contribution in [2.24, 2.45) is 0 Å². The molecule has 152 valence electrons. The van der Waals surface area contributed by atoms with Crippen molar-refractivity contribution in [1.82, 2.24) is 9.78 Å². The molecule has 2 N–H and O–H groups in total. The summed E-state index contributed by atoms with van der Waals surface area (Å²) < 4.78 is 32.6. The van der Waals surface area contributed by atoms with E-state index in [0.29, 0.717) is 17.1 Å². The lowest BCUT2D eigenvalue weighted by Gasteiger charge is -2.09. The molecule has 3 rings (SSSR count). The molecular formula is C20H22N4O4S. The standard InChI is InChI=1S/C20H22N4O4S/c1-4-29(26,27)23-16-8-6-15(7-9-16)21-20(25)17-11-12-24(22-17)18-13-14(2)5-10-19(18)28-3/h5-13,23H,4H2,1-3H3,(H,21,25). The Balaban J connectivity index is 1.73. The fraction of sp³-hybridized carbons (Fsp3) is 0.200. The largest absolute Gasteiger partial charge is 0.494 e. The molecule has 0 fully saturated rings. The number of carbonyl (C=O) groups excluding carboxylic acids is 1. The molecule has 0 saturated carbocycles. The highest BCUT2D eigenvalue weighted by molar-refractivity contribution is 7.92. The summed E-state index contributed by atoms with van der Waals surface area (Å²) in [6.07, 6.45) is 1.69. The van der Waals surface area contributed by atoms with Crippen molar-refractivity contribution in [3.05, 3.63) is 66.0 Å². The Labute approximate surface area is 169 Å². The fourth-order valence-corrected chi connectivity index (χ4v) is 3.27. The fourth-order valence-electron chi connectivity index (χ4n) is 2.63. The molecule has 3 aromatic rings. The summed E-state index contributed by atoms with van der Waals surface area (Å²) in [6.45, 7) is 3.52. The maximum Gasteiger partial charge on any atom is 0.276 e. The van der Waals surface area contributed by atoms with Crippen LogP contribution in [0.5, 0.6) is 5.75 Å². The van der Waals surface area contributed by atoms with Crippen LogP contribution in [-0.4, -0.2) is 37.0 Å². The summed E-state index contributed by atoms with van der Waals surface area (Å²) in [5, 5.41) is 7.08. The molecular weight excluding hydrogens is 392 g/mol. The molecule has 0 aliphatic heterocycles. The van der Waals surface area contributed by atoms with Crippen molar-refractivity contribution in [2.75, 3.05) is 22.9 Å². The minimum atomic E-state index is -3.34. The molecule has 0 aliphatic carbocycles. The third-order valence-corrected chi connectivity index (χ3v) is 5.51. The number of hydrogen-bond donors (Lipinski definition) is 2. The highest BCUT2D eigenvalue weighted by Crippen LogP contribution is 2.23. The van der Waals surface area contributed by atoms with Crippen LogP contribution in [0.15, 0.2) is 54.7 Å². The number of carbonyl (C=O) groups is 1. The van der Waals surface area contributed by atoms with Crippen molar-refractivity contribution < 1.29 is 17.9 Å². The first-order chi connectivity index (χ1) is 13.8. The second-order valence-electron chi connectivity index (χ2n) is 6.36. The van der Waals surface area contributed by atoms with E-state index in [9.17, 15) is 13.2 Å². The highest BCUT2D eigenvalue weighted by atomic mass is 32.2. The smallest absolute Gasteiger partial charge is 0.276 e. The van der Waals surface area contributed by atoms with E-state index in [0.717, 1.165) is 11.3 Å². The quantitative estimate of drug-likeness (QED) is 0.618. The molecule has 0 atom stereocenters. The minimum Gasteiger partial charge on any atom is -0.494 e. The van der Waals surface area contributed by atoms with Crippen LogP contribution in [0, 0.1) is 6.92 Å². The summed E-state index contributed by atoms with van der Waals surface area (Å²) in [4.78, 5) is 12.5. The molecule has 29 heavy (non-hydrogen) atoms. The number of aromatic nitrogens is 2. The number of benzene rings is 2. The Kier molecular flexibility index (Phi) is 5.88. The van der Waals surface area contributed by atoms with Crippen molar-refractivity contribution in [1.29, 1.82) is 0 Å². The van der Waals surface area contributed by atoms with E-state index in [4.69, 9.17) is 4.74 Å². The second-order valence-corrected chi connectivity index (χ2v) is 8.37. The number of sulfonamides is 1. The van der Waals surface area contributed by atoms with Gasteiger partial charge >= 0.3 is 0 Å². The number of anilines is 2. The second kappa shape index (κ2) is 8.36. The molecule has 0 bridgehead atoms. The van der Waals surface area contributed by atoms with Crippen molar-refractivity contribution in [2.45, 2.75) is 13.8 Å². The first kappa shape index (κ1) is 20.4. The summed E-state index contributed by atoms with van der Waals surface area (Å²) in [6, 6.07) is 13.7. The normalized spacial score (nSPS) is 11.1. The summed E-state index contributed by atoms with van der Waals surface area (Å²) >= 11 is 0. The predicted octanol–water partition coefficient (Wildman–Crippen LogP) is 3.20. The molecule has 0 radical (unpaired) electrons. The van der Waals surface area contributed by atoms with E-state index in [1.807, 2.05) is 25.1 Å². The first-order valence-corrected chi connectivity index (χ1v) is 10.6. The lowest BCUT2D eigenvalue weighted by Crippen LogP contribution is -2.15. The van der Waals surface area contributed by atoms with Crippen LogP contribution in [0.25, 0.3) is 5.69 Å². The number of nitrogens with zero attached hydrogens (tertiary/aromatic N) is 2. The molecule has 1 heterocycles. The lowest BCUT2D eigenvalue weighted by molar-refractivity contribution is 0.102. The monoisotopic (exact) mass is 414 g/mol. The number of hydrogen-bond acceptors (Lipinski definition) is 5. The van der Waals surface area contributed by atoms with Crippen molar-refractivity contribution in [3.63, 3.8) is 0 Å². The molecule has 8 nitrogen and oxygen atoms in total. The molecule has 0 aliphatic rings. The lowest BCUT2D eigenvalue weighted by atomic mass is 10.2. The number of ether oxygens (including phenoxy) is 1. The Morgan fingerprint density at radius 2 is 1.79 bits per heavy atom. The highest BCUT2D eigenvalue weighted by Gasteiger charge is 2.13. The number of aryl methyl sites for hydroxylation is 1. The van der Waals surface area contributed by atoms with Crippen molar-refractivity contribution in [3.8, 4) is 11.4 Å². The third kappa shape index (κ3) is 4.94. The van der Waals surface area contributed by atoms with Gasteiger partial charge < -0.3 is 10.1 Å². The van der Waals surface area contributed by atoms with E-state index in [2.05, 4.69) is 15.1 Å². The average molecular weight is 414 g/mol. The van der Waals surface area contributed by atoms with Gasteiger partial charge in [0, 0.05) is 17.6 Å². The van der Waals surface area contributed by atoms with Gasteiger partial charge in [-0.2, -0.15) is 5.10 Å². The molecule has 0 saturated heterocycles. The van der Waals surface area contributed by atoms with Gasteiger partial charge in [0.25, 0.3) is 5.91 Å². The van der Waals surface area contributed by atoms with E-state index in [-0.39, 0.29) is 17.4 Å². The van der Waals surface area contributed by atoms with Gasteiger partial charge in [-0.3, -0.25) is 9.52 Å². The Hall–Kier alpha value is -3.33. The van der Waals surface area contributed by atoms with Crippen LogP contribution < -0.4 is 14.8 Å². The molecule has 9 heteroatoms. The number of rotatable bonds is 7. The van der Waals surface area contributed by atoms with Crippen LogP contribution in [0.1, 0.15) is 23.0 Å². The summed E-state index contributed by atoms with van der Waals surface area (Å²) in [5.74, 6) is 0.257. The number of amides is 1. The third-order valence-electron chi connectivity index (χ3n) is 4.20. The average Bonchev–Trinajstić information content (AvgIpc) is 3.19. The van der Waals surface area contributed by atoms with Gasteiger partial charge in [0.05, 0.1) is 12.9 Å². The van der Waals surface area contributed by atoms with Crippen LogP contribution in [0.4, 0.5) is 11.4 Å². The van der Waals surface area contributed by atoms with Gasteiger partial charge in [0.15, 0.2) is 5.69 Å². The topological polar surface area (TPSA) is 102 Å². The van der Waals surface area contributed by atoms with Crippen LogP contribution >= 0.6 is 0 Å². The zero-order chi connectivity index (χ0) is 21.0. The van der Waals surface area contributed by atoms with Crippen molar-refractivity contribution >= 4 is 27.3 Å². The first-order valence-electron chi connectivity index (χ1n) is 8.94.